The Bertz CT molecular complexity index is 319. The maximum absolute atomic E-state index is 8.92. The van der Waals surface area contributed by atoms with Gasteiger partial charge in [-0.3, -0.25) is 4.90 Å². The number of nitrogens with zero attached hydrogens (tertiary/aromatic N) is 1. The summed E-state index contributed by atoms with van der Waals surface area (Å²) in [6.45, 7) is 5.86. The first-order valence-electron chi connectivity index (χ1n) is 5.46. The van der Waals surface area contributed by atoms with E-state index in [0.717, 1.165) is 12.1 Å². The highest BCUT2D eigenvalue weighted by Crippen LogP contribution is 2.12. The first kappa shape index (κ1) is 12.9. The average molecular weight is 221 g/mol. The summed E-state index contributed by atoms with van der Waals surface area (Å²) < 4.78 is 0. The fraction of sp³-hybridized carbons (Fsp3) is 0.385. The quantitative estimate of drug-likeness (QED) is 0.725. The Labute approximate surface area is 96.6 Å². The van der Waals surface area contributed by atoms with Crippen molar-refractivity contribution in [1.82, 2.24) is 4.90 Å². The fourth-order valence-corrected chi connectivity index (χ4v) is 1.67. The normalized spacial score (nSPS) is 10.7. The second kappa shape index (κ2) is 7.17. The maximum Gasteiger partial charge on any atom is 0.0558 e. The average Bonchev–Trinajstić information content (AvgIpc) is 2.30. The van der Waals surface area contributed by atoms with Crippen LogP contribution in [-0.2, 0) is 6.54 Å². The van der Waals surface area contributed by atoms with Gasteiger partial charge in [0, 0.05) is 19.6 Å². The molecular formula is C13H19NO2. The van der Waals surface area contributed by atoms with Crippen molar-refractivity contribution in [2.75, 3.05) is 26.3 Å². The monoisotopic (exact) mass is 221 g/mol. The molecule has 0 radical (unpaired) electrons. The molecule has 0 heterocycles. The van der Waals surface area contributed by atoms with Crippen LogP contribution in [0.2, 0.25) is 0 Å². The molecule has 16 heavy (non-hydrogen) atoms. The molecule has 3 heteroatoms. The summed E-state index contributed by atoms with van der Waals surface area (Å²) in [5, 5.41) is 17.8. The molecule has 1 aromatic rings. The van der Waals surface area contributed by atoms with E-state index in [9.17, 15) is 0 Å². The second-order valence-corrected chi connectivity index (χ2v) is 3.63. The van der Waals surface area contributed by atoms with Crippen LogP contribution in [0.1, 0.15) is 11.1 Å². The van der Waals surface area contributed by atoms with Crippen molar-refractivity contribution < 1.29 is 10.2 Å². The Hall–Kier alpha value is -1.16. The number of hydrogen-bond donors (Lipinski definition) is 2. The predicted octanol–water partition coefficient (Wildman–Crippen LogP) is 1.12. The molecule has 0 atom stereocenters. The second-order valence-electron chi connectivity index (χ2n) is 3.63. The van der Waals surface area contributed by atoms with Crippen LogP contribution >= 0.6 is 0 Å². The molecule has 0 aliphatic carbocycles. The summed E-state index contributed by atoms with van der Waals surface area (Å²) in [5.41, 5.74) is 2.27. The minimum atomic E-state index is 0.107. The van der Waals surface area contributed by atoms with E-state index in [4.69, 9.17) is 10.2 Å². The van der Waals surface area contributed by atoms with Crippen molar-refractivity contribution >= 4 is 6.08 Å². The van der Waals surface area contributed by atoms with Crippen LogP contribution in [-0.4, -0.2) is 41.4 Å². The van der Waals surface area contributed by atoms with Gasteiger partial charge in [-0.15, -0.1) is 0 Å². The Balaban J connectivity index is 2.71. The number of rotatable bonds is 7. The van der Waals surface area contributed by atoms with Gasteiger partial charge in [0.2, 0.25) is 0 Å². The minimum absolute atomic E-state index is 0.107. The van der Waals surface area contributed by atoms with Crippen LogP contribution in [0.25, 0.3) is 6.08 Å². The molecule has 0 spiro atoms. The molecule has 2 N–H and O–H groups in total. The van der Waals surface area contributed by atoms with Crippen molar-refractivity contribution in [3.05, 3.63) is 42.0 Å². The van der Waals surface area contributed by atoms with Gasteiger partial charge in [0.15, 0.2) is 0 Å². The van der Waals surface area contributed by atoms with Crippen LogP contribution in [0.3, 0.4) is 0 Å². The fourth-order valence-electron chi connectivity index (χ4n) is 1.67. The summed E-state index contributed by atoms with van der Waals surface area (Å²) >= 11 is 0. The van der Waals surface area contributed by atoms with Crippen LogP contribution in [0.4, 0.5) is 0 Å². The molecule has 0 aromatic heterocycles. The van der Waals surface area contributed by atoms with E-state index < -0.39 is 0 Å². The zero-order valence-corrected chi connectivity index (χ0v) is 9.47. The van der Waals surface area contributed by atoms with Gasteiger partial charge in [0.1, 0.15) is 0 Å². The van der Waals surface area contributed by atoms with E-state index >= 15 is 0 Å². The topological polar surface area (TPSA) is 43.7 Å². The molecule has 1 aromatic carbocycles. The lowest BCUT2D eigenvalue weighted by atomic mass is 10.1. The standard InChI is InChI=1S/C13H19NO2/c1-2-12-5-3-4-6-13(12)11-14(7-9-15)8-10-16/h2-6,15-16H,1,7-11H2. The van der Waals surface area contributed by atoms with Gasteiger partial charge in [-0.05, 0) is 11.1 Å². The van der Waals surface area contributed by atoms with Crippen molar-refractivity contribution in [1.29, 1.82) is 0 Å². The lowest BCUT2D eigenvalue weighted by molar-refractivity contribution is 0.156. The van der Waals surface area contributed by atoms with Gasteiger partial charge < -0.3 is 10.2 Å². The molecule has 0 unspecified atom stereocenters. The predicted molar refractivity (Wildman–Crippen MR) is 66.0 cm³/mol. The van der Waals surface area contributed by atoms with Gasteiger partial charge in [-0.1, -0.05) is 36.9 Å². The largest absolute Gasteiger partial charge is 0.395 e. The molecule has 0 aliphatic heterocycles. The molecule has 88 valence electrons. The summed E-state index contributed by atoms with van der Waals surface area (Å²) in [6.07, 6.45) is 1.82. The molecular weight excluding hydrogens is 202 g/mol. The molecule has 0 fully saturated rings. The highest BCUT2D eigenvalue weighted by molar-refractivity contribution is 5.51. The molecule has 3 nitrogen and oxygen atoms in total. The maximum atomic E-state index is 8.92. The Morgan fingerprint density at radius 2 is 1.75 bits per heavy atom. The van der Waals surface area contributed by atoms with Crippen LogP contribution in [0.5, 0.6) is 0 Å². The summed E-state index contributed by atoms with van der Waals surface area (Å²) in [5.74, 6) is 0. The Kier molecular flexibility index (Phi) is 5.78. The number of hydrogen-bond acceptors (Lipinski definition) is 3. The first-order valence-corrected chi connectivity index (χ1v) is 5.46. The Morgan fingerprint density at radius 3 is 2.31 bits per heavy atom. The highest BCUT2D eigenvalue weighted by atomic mass is 16.3. The Morgan fingerprint density at radius 1 is 1.12 bits per heavy atom. The summed E-state index contributed by atoms with van der Waals surface area (Å²) in [6, 6.07) is 8.01. The van der Waals surface area contributed by atoms with E-state index in [-0.39, 0.29) is 13.2 Å². The number of benzene rings is 1. The third kappa shape index (κ3) is 3.77. The van der Waals surface area contributed by atoms with Gasteiger partial charge in [0.25, 0.3) is 0 Å². The van der Waals surface area contributed by atoms with E-state index in [2.05, 4.69) is 6.58 Å². The number of aliphatic hydroxyl groups excluding tert-OH is 2. The van der Waals surface area contributed by atoms with Gasteiger partial charge in [-0.25, -0.2) is 0 Å². The number of aliphatic hydroxyl groups is 2. The van der Waals surface area contributed by atoms with Crippen molar-refractivity contribution in [3.8, 4) is 0 Å². The SMILES string of the molecule is C=Cc1ccccc1CN(CCO)CCO. The van der Waals surface area contributed by atoms with E-state index in [1.807, 2.05) is 35.2 Å². The summed E-state index contributed by atoms with van der Waals surface area (Å²) in [4.78, 5) is 2.02. The van der Waals surface area contributed by atoms with E-state index in [1.165, 1.54) is 5.56 Å². The molecule has 1 rings (SSSR count). The minimum Gasteiger partial charge on any atom is -0.395 e. The lowest BCUT2D eigenvalue weighted by Gasteiger charge is -2.21. The summed E-state index contributed by atoms with van der Waals surface area (Å²) in [7, 11) is 0. The molecule has 0 aliphatic rings. The first-order chi connectivity index (χ1) is 7.81. The van der Waals surface area contributed by atoms with E-state index in [0.29, 0.717) is 13.1 Å². The molecule has 0 saturated heterocycles. The van der Waals surface area contributed by atoms with Crippen LogP contribution in [0, 0.1) is 0 Å². The zero-order chi connectivity index (χ0) is 11.8. The van der Waals surface area contributed by atoms with Crippen molar-refractivity contribution in [2.45, 2.75) is 6.54 Å². The van der Waals surface area contributed by atoms with Gasteiger partial charge >= 0.3 is 0 Å². The van der Waals surface area contributed by atoms with E-state index in [1.54, 1.807) is 0 Å². The highest BCUT2D eigenvalue weighted by Gasteiger charge is 2.06. The molecule has 0 amide bonds. The third-order valence-electron chi connectivity index (χ3n) is 2.50. The lowest BCUT2D eigenvalue weighted by Crippen LogP contribution is -2.29. The zero-order valence-electron chi connectivity index (χ0n) is 9.47. The van der Waals surface area contributed by atoms with Crippen LogP contribution in [0.15, 0.2) is 30.8 Å². The van der Waals surface area contributed by atoms with Gasteiger partial charge in [-0.2, -0.15) is 0 Å². The third-order valence-corrected chi connectivity index (χ3v) is 2.50. The van der Waals surface area contributed by atoms with Crippen molar-refractivity contribution in [2.24, 2.45) is 0 Å². The molecule has 0 saturated carbocycles. The van der Waals surface area contributed by atoms with Crippen LogP contribution < -0.4 is 0 Å². The molecule has 0 bridgehead atoms. The van der Waals surface area contributed by atoms with Gasteiger partial charge in [0.05, 0.1) is 13.2 Å². The van der Waals surface area contributed by atoms with Crippen molar-refractivity contribution in [3.63, 3.8) is 0 Å². The smallest absolute Gasteiger partial charge is 0.0558 e.